The number of urea groups is 1. The number of ether oxygens (including phenoxy) is 1. The highest BCUT2D eigenvalue weighted by Crippen LogP contribution is 2.24. The van der Waals surface area contributed by atoms with E-state index in [9.17, 15) is 18.4 Å². The number of carbonyl (C=O) groups is 2. The third-order valence-electron chi connectivity index (χ3n) is 5.35. The molecule has 2 aliphatic heterocycles. The van der Waals surface area contributed by atoms with Gasteiger partial charge in [0.05, 0.1) is 13.1 Å². The lowest BCUT2D eigenvalue weighted by molar-refractivity contribution is -0.912. The average molecular weight is 382 g/mol. The molecule has 0 spiro atoms. The molecule has 0 saturated carbocycles. The fourth-order valence-corrected chi connectivity index (χ4v) is 3.73. The van der Waals surface area contributed by atoms with Crippen molar-refractivity contribution in [3.05, 3.63) is 29.8 Å². The number of benzene rings is 1. The predicted octanol–water partition coefficient (Wildman–Crippen LogP) is 1.56. The minimum atomic E-state index is -2.85. The van der Waals surface area contributed by atoms with Crippen molar-refractivity contribution in [2.75, 3.05) is 19.8 Å². The lowest BCUT2D eigenvalue weighted by Crippen LogP contribution is -3.14. The normalized spacial score (nSPS) is 23.8. The molecule has 0 aliphatic carbocycles. The zero-order valence-electron chi connectivity index (χ0n) is 15.5. The van der Waals surface area contributed by atoms with Crippen molar-refractivity contribution in [2.24, 2.45) is 0 Å². The van der Waals surface area contributed by atoms with Gasteiger partial charge in [-0.15, -0.1) is 0 Å². The van der Waals surface area contributed by atoms with Gasteiger partial charge in [0.15, 0.2) is 6.67 Å². The number of hydrogen-bond donors (Lipinski definition) is 2. The number of piperidine rings is 1. The molecular formula is C19H26F2N3O3+. The summed E-state index contributed by atoms with van der Waals surface area (Å²) in [7, 11) is 0. The maximum atomic E-state index is 12.8. The van der Waals surface area contributed by atoms with Gasteiger partial charge in [-0.2, -0.15) is 8.78 Å². The summed E-state index contributed by atoms with van der Waals surface area (Å²) in [6.07, 6.45) is 4.45. The van der Waals surface area contributed by atoms with Crippen LogP contribution in [0, 0.1) is 0 Å². The first-order valence-corrected chi connectivity index (χ1v) is 9.39. The zero-order valence-corrected chi connectivity index (χ0v) is 15.5. The number of likely N-dealkylation sites (tertiary alicyclic amines) is 1. The third-order valence-corrected chi connectivity index (χ3v) is 5.35. The van der Waals surface area contributed by atoms with Crippen LogP contribution in [0.2, 0.25) is 0 Å². The molecule has 27 heavy (non-hydrogen) atoms. The summed E-state index contributed by atoms with van der Waals surface area (Å²) in [4.78, 5) is 27.8. The third kappa shape index (κ3) is 4.74. The van der Waals surface area contributed by atoms with Gasteiger partial charge in [0, 0.05) is 0 Å². The van der Waals surface area contributed by atoms with Crippen LogP contribution in [-0.2, 0) is 11.2 Å². The number of hydrogen-bond acceptors (Lipinski definition) is 3. The molecule has 6 nitrogen and oxygen atoms in total. The quantitative estimate of drug-likeness (QED) is 0.704. The second kappa shape index (κ2) is 8.21. The first-order chi connectivity index (χ1) is 12.9. The molecule has 2 fully saturated rings. The molecule has 2 saturated heterocycles. The molecule has 2 heterocycles. The van der Waals surface area contributed by atoms with E-state index in [4.69, 9.17) is 0 Å². The topological polar surface area (TPSA) is 63.1 Å². The van der Waals surface area contributed by atoms with Crippen LogP contribution in [0.4, 0.5) is 13.6 Å². The largest absolute Gasteiger partial charge is 0.435 e. The Labute approximate surface area is 157 Å². The molecule has 0 aromatic heterocycles. The van der Waals surface area contributed by atoms with Gasteiger partial charge in [0.2, 0.25) is 0 Å². The van der Waals surface area contributed by atoms with E-state index in [1.165, 1.54) is 28.4 Å². The Morgan fingerprint density at radius 1 is 1.19 bits per heavy atom. The van der Waals surface area contributed by atoms with E-state index in [1.54, 1.807) is 19.1 Å². The van der Waals surface area contributed by atoms with Gasteiger partial charge < -0.3 is 15.0 Å². The molecule has 148 valence electrons. The van der Waals surface area contributed by atoms with Crippen molar-refractivity contribution in [3.63, 3.8) is 0 Å². The Kier molecular flexibility index (Phi) is 5.94. The molecule has 2 N–H and O–H groups in total. The fraction of sp³-hybridized carbons (Fsp3) is 0.579. The van der Waals surface area contributed by atoms with Crippen LogP contribution in [0.3, 0.4) is 0 Å². The Balaban J connectivity index is 1.57. The number of halogens is 2. The van der Waals surface area contributed by atoms with Crippen molar-refractivity contribution in [1.29, 1.82) is 0 Å². The number of rotatable bonds is 7. The molecule has 1 atom stereocenters. The van der Waals surface area contributed by atoms with Crippen LogP contribution in [0.5, 0.6) is 5.75 Å². The summed E-state index contributed by atoms with van der Waals surface area (Å²) in [5.41, 5.74) is -0.0511. The molecule has 8 heteroatoms. The lowest BCUT2D eigenvalue weighted by atomic mass is 9.93. The molecule has 2 aliphatic rings. The number of alkyl halides is 2. The van der Waals surface area contributed by atoms with Gasteiger partial charge >= 0.3 is 12.6 Å². The highest BCUT2D eigenvalue weighted by atomic mass is 19.3. The first kappa shape index (κ1) is 19.5. The van der Waals surface area contributed by atoms with Crippen molar-refractivity contribution in [1.82, 2.24) is 10.2 Å². The van der Waals surface area contributed by atoms with Crippen molar-refractivity contribution in [2.45, 2.75) is 51.2 Å². The van der Waals surface area contributed by atoms with Crippen LogP contribution in [0.1, 0.15) is 38.2 Å². The van der Waals surface area contributed by atoms with Gasteiger partial charge in [-0.3, -0.25) is 4.79 Å². The number of quaternary nitrogens is 1. The molecule has 1 aromatic carbocycles. The molecule has 0 radical (unpaired) electrons. The molecule has 3 amide bonds. The molecule has 1 aromatic rings. The second-order valence-corrected chi connectivity index (χ2v) is 7.49. The van der Waals surface area contributed by atoms with Gasteiger partial charge in [0.25, 0.3) is 5.91 Å². The van der Waals surface area contributed by atoms with Crippen LogP contribution in [0.25, 0.3) is 0 Å². The van der Waals surface area contributed by atoms with Gasteiger partial charge in [0.1, 0.15) is 11.3 Å². The van der Waals surface area contributed by atoms with E-state index < -0.39 is 12.2 Å². The SMILES string of the molecule is C[C@]1(CCc2ccc(OC(F)F)cc2)NC(=O)N(C[NH+]2CCCCC2)C1=O. The maximum absolute atomic E-state index is 12.8. The minimum Gasteiger partial charge on any atom is -0.435 e. The highest BCUT2D eigenvalue weighted by Gasteiger charge is 2.48. The van der Waals surface area contributed by atoms with Gasteiger partial charge in [-0.05, 0) is 56.7 Å². The molecule has 0 bridgehead atoms. The highest BCUT2D eigenvalue weighted by molar-refractivity contribution is 6.06. The number of imide groups is 1. The van der Waals surface area contributed by atoms with Crippen LogP contribution in [0.15, 0.2) is 24.3 Å². The van der Waals surface area contributed by atoms with E-state index in [-0.39, 0.29) is 17.7 Å². The summed E-state index contributed by atoms with van der Waals surface area (Å²) in [6.45, 7) is 1.28. The first-order valence-electron chi connectivity index (χ1n) is 9.39. The van der Waals surface area contributed by atoms with Gasteiger partial charge in [-0.25, -0.2) is 9.69 Å². The Hall–Kier alpha value is -2.22. The summed E-state index contributed by atoms with van der Waals surface area (Å²) < 4.78 is 28.7. The smallest absolute Gasteiger partial charge is 0.387 e. The van der Waals surface area contributed by atoms with E-state index >= 15 is 0 Å². The Morgan fingerprint density at radius 3 is 2.48 bits per heavy atom. The zero-order chi connectivity index (χ0) is 19.4. The van der Waals surface area contributed by atoms with Crippen molar-refractivity contribution in [3.8, 4) is 5.75 Å². The standard InChI is InChI=1S/C19H25F2N3O3/c1-19(10-9-14-5-7-15(8-6-14)27-17(20)21)16(25)24(18(26)22-19)13-23-11-3-2-4-12-23/h5-8,17H,2-4,9-13H2,1H3,(H,22,26)/p+1/t19-/m1/s1. The Bertz CT molecular complexity index is 677. The maximum Gasteiger partial charge on any atom is 0.387 e. The predicted molar refractivity (Wildman–Crippen MR) is 94.6 cm³/mol. The summed E-state index contributed by atoms with van der Waals surface area (Å²) >= 11 is 0. The summed E-state index contributed by atoms with van der Waals surface area (Å²) in [6, 6.07) is 6.01. The monoisotopic (exact) mass is 382 g/mol. The lowest BCUT2D eigenvalue weighted by Gasteiger charge is -2.27. The average Bonchev–Trinajstić information content (AvgIpc) is 2.85. The fourth-order valence-electron chi connectivity index (χ4n) is 3.73. The second-order valence-electron chi connectivity index (χ2n) is 7.49. The van der Waals surface area contributed by atoms with Crippen LogP contribution >= 0.6 is 0 Å². The number of nitrogens with one attached hydrogen (secondary N) is 2. The molecular weight excluding hydrogens is 356 g/mol. The van der Waals surface area contributed by atoms with Crippen LogP contribution in [-0.4, -0.2) is 48.7 Å². The minimum absolute atomic E-state index is 0.0980. The molecule has 0 unspecified atom stereocenters. The van der Waals surface area contributed by atoms with E-state index in [0.29, 0.717) is 19.5 Å². The van der Waals surface area contributed by atoms with Crippen molar-refractivity contribution >= 4 is 11.9 Å². The van der Waals surface area contributed by atoms with Gasteiger partial charge in [-0.1, -0.05) is 12.1 Å². The van der Waals surface area contributed by atoms with Crippen LogP contribution < -0.4 is 15.0 Å². The van der Waals surface area contributed by atoms with E-state index in [1.807, 2.05) is 0 Å². The summed E-state index contributed by atoms with van der Waals surface area (Å²) in [5, 5.41) is 2.83. The molecule has 3 rings (SSSR count). The number of aryl methyl sites for hydroxylation is 1. The number of nitrogens with zero attached hydrogens (tertiary/aromatic N) is 1. The number of amides is 3. The van der Waals surface area contributed by atoms with E-state index in [0.717, 1.165) is 31.5 Å². The summed E-state index contributed by atoms with van der Waals surface area (Å²) in [5.74, 6) is -0.0934. The number of carbonyl (C=O) groups excluding carboxylic acids is 2. The van der Waals surface area contributed by atoms with Crippen molar-refractivity contribution < 1.29 is 28.0 Å². The Morgan fingerprint density at radius 2 is 1.85 bits per heavy atom. The van der Waals surface area contributed by atoms with E-state index in [2.05, 4.69) is 10.1 Å².